The quantitative estimate of drug-likeness (QED) is 0.114. The van der Waals surface area contributed by atoms with Crippen molar-refractivity contribution in [2.45, 2.75) is 201 Å². The molecule has 0 aromatic carbocycles. The summed E-state index contributed by atoms with van der Waals surface area (Å²) in [4.78, 5) is 0. The van der Waals surface area contributed by atoms with Gasteiger partial charge in [-0.3, -0.25) is 0 Å². The van der Waals surface area contributed by atoms with E-state index in [1.165, 1.54) is 135 Å². The van der Waals surface area contributed by atoms with Crippen molar-refractivity contribution in [2.75, 3.05) is 0 Å². The Morgan fingerprint density at radius 1 is 0.773 bits per heavy atom. The van der Waals surface area contributed by atoms with Gasteiger partial charge in [-0.15, -0.1) is 0 Å². The second-order valence-corrected chi connectivity index (χ2v) is 17.7. The lowest BCUT2D eigenvalue weighted by Gasteiger charge is -2.59. The van der Waals surface area contributed by atoms with Gasteiger partial charge in [0.1, 0.15) is 0 Å². The Morgan fingerprint density at radius 2 is 1.45 bits per heavy atom. The van der Waals surface area contributed by atoms with Crippen molar-refractivity contribution < 1.29 is 5.11 Å². The van der Waals surface area contributed by atoms with E-state index in [9.17, 15) is 5.11 Å². The molecule has 4 rings (SSSR count). The second kappa shape index (κ2) is 17.0. The van der Waals surface area contributed by atoms with Crippen LogP contribution < -0.4 is 0 Å². The van der Waals surface area contributed by atoms with Crippen LogP contribution in [0.4, 0.5) is 0 Å². The van der Waals surface area contributed by atoms with Crippen molar-refractivity contribution >= 4 is 0 Å². The van der Waals surface area contributed by atoms with Gasteiger partial charge >= 0.3 is 0 Å². The summed E-state index contributed by atoms with van der Waals surface area (Å²) in [6.07, 6.45) is 39.2. The largest absolute Gasteiger partial charge is 0.390 e. The van der Waals surface area contributed by atoms with Gasteiger partial charge in [-0.1, -0.05) is 136 Å². The Kier molecular flexibility index (Phi) is 14.0. The number of hydrogen-bond donors (Lipinski definition) is 1. The molecule has 4 aliphatic carbocycles. The van der Waals surface area contributed by atoms with Gasteiger partial charge < -0.3 is 5.11 Å². The standard InChI is InChI=1S/C43H76O/c1-7-8-9-10-11-12-13-14-15-16-17-18-19-20-29-43(44)32-31-41(5)36(33-43)24-25-37-39-27-26-38(35(4)23-21-22-34(2)3)42(39,6)30-28-40(37)41/h12-13,24,34-35,37-40,44H,7-11,14-23,25-33H2,1-6H3/t35-,37+,38-,39+,40+,41+,42-,43?/m1/s1. The molecule has 1 nitrogen and oxygen atoms in total. The van der Waals surface area contributed by atoms with Crippen LogP contribution in [0.25, 0.3) is 0 Å². The maximum Gasteiger partial charge on any atom is 0.0685 e. The molecule has 254 valence electrons. The van der Waals surface area contributed by atoms with Crippen LogP contribution in [0.3, 0.4) is 0 Å². The first kappa shape index (κ1) is 36.3. The molecule has 8 atom stereocenters. The summed E-state index contributed by atoms with van der Waals surface area (Å²) in [6, 6.07) is 0. The Labute approximate surface area is 275 Å². The number of hydrogen-bond acceptors (Lipinski definition) is 1. The van der Waals surface area contributed by atoms with E-state index in [4.69, 9.17) is 0 Å². The fourth-order valence-electron chi connectivity index (χ4n) is 11.3. The van der Waals surface area contributed by atoms with E-state index in [0.29, 0.717) is 10.8 Å². The SMILES string of the molecule is CCCCCCC=CCCCCCCCCC1(O)CC[C@@]2(C)C(=CC[C@H]3[C@@H]4CC[C@H]([C@H](C)CCCC(C)C)[C@@]4(C)CC[C@@H]32)C1. The molecule has 0 heterocycles. The lowest BCUT2D eigenvalue weighted by Crippen LogP contribution is -2.52. The molecule has 0 saturated heterocycles. The normalized spacial score (nSPS) is 35.9. The smallest absolute Gasteiger partial charge is 0.0685 e. The minimum Gasteiger partial charge on any atom is -0.390 e. The van der Waals surface area contributed by atoms with E-state index in [0.717, 1.165) is 54.8 Å². The van der Waals surface area contributed by atoms with Crippen molar-refractivity contribution in [3.63, 3.8) is 0 Å². The highest BCUT2D eigenvalue weighted by atomic mass is 16.3. The fraction of sp³-hybridized carbons (Fsp3) is 0.907. The Bertz CT molecular complexity index is 899. The molecule has 3 saturated carbocycles. The van der Waals surface area contributed by atoms with Crippen LogP contribution >= 0.6 is 0 Å². The molecule has 4 aliphatic rings. The van der Waals surface area contributed by atoms with Crippen molar-refractivity contribution in [2.24, 2.45) is 46.3 Å². The van der Waals surface area contributed by atoms with Crippen LogP contribution in [0.5, 0.6) is 0 Å². The summed E-state index contributed by atoms with van der Waals surface area (Å²) >= 11 is 0. The van der Waals surface area contributed by atoms with E-state index in [-0.39, 0.29) is 0 Å². The summed E-state index contributed by atoms with van der Waals surface area (Å²) in [7, 11) is 0. The van der Waals surface area contributed by atoms with Crippen LogP contribution in [0.2, 0.25) is 0 Å². The van der Waals surface area contributed by atoms with Gasteiger partial charge in [0.25, 0.3) is 0 Å². The third kappa shape index (κ3) is 9.07. The fourth-order valence-corrected chi connectivity index (χ4v) is 11.3. The van der Waals surface area contributed by atoms with Crippen LogP contribution in [-0.2, 0) is 0 Å². The van der Waals surface area contributed by atoms with Gasteiger partial charge in [-0.25, -0.2) is 0 Å². The zero-order chi connectivity index (χ0) is 31.6. The first-order valence-electron chi connectivity index (χ1n) is 20.2. The summed E-state index contributed by atoms with van der Waals surface area (Å²) < 4.78 is 0. The van der Waals surface area contributed by atoms with E-state index in [2.05, 4.69) is 59.8 Å². The molecule has 0 aromatic heterocycles. The van der Waals surface area contributed by atoms with E-state index >= 15 is 0 Å². The predicted molar refractivity (Wildman–Crippen MR) is 193 cm³/mol. The van der Waals surface area contributed by atoms with Crippen molar-refractivity contribution in [3.05, 3.63) is 23.8 Å². The first-order valence-corrected chi connectivity index (χ1v) is 20.2. The van der Waals surface area contributed by atoms with Crippen molar-refractivity contribution in [3.8, 4) is 0 Å². The van der Waals surface area contributed by atoms with Gasteiger partial charge in [-0.2, -0.15) is 0 Å². The lowest BCUT2D eigenvalue weighted by molar-refractivity contribution is -0.0771. The molecule has 1 heteroatoms. The monoisotopic (exact) mass is 609 g/mol. The van der Waals surface area contributed by atoms with E-state index < -0.39 is 5.60 Å². The minimum atomic E-state index is -0.437. The maximum atomic E-state index is 11.8. The number of fused-ring (bicyclic) bond motifs is 5. The molecule has 0 bridgehead atoms. The molecular formula is C43H76O. The molecular weight excluding hydrogens is 532 g/mol. The Morgan fingerprint density at radius 3 is 2.16 bits per heavy atom. The summed E-state index contributed by atoms with van der Waals surface area (Å²) in [5.74, 6) is 5.36. The van der Waals surface area contributed by atoms with Crippen LogP contribution in [0.15, 0.2) is 23.8 Å². The predicted octanol–water partition coefficient (Wildman–Crippen LogP) is 13.4. The molecule has 0 amide bonds. The van der Waals surface area contributed by atoms with Crippen molar-refractivity contribution in [1.82, 2.24) is 0 Å². The lowest BCUT2D eigenvalue weighted by atomic mass is 9.46. The van der Waals surface area contributed by atoms with Gasteiger partial charge in [0, 0.05) is 0 Å². The summed E-state index contributed by atoms with van der Waals surface area (Å²) in [6.45, 7) is 15.0. The molecule has 1 N–H and O–H groups in total. The summed E-state index contributed by atoms with van der Waals surface area (Å²) in [5, 5.41) is 11.8. The maximum absolute atomic E-state index is 11.8. The third-order valence-corrected chi connectivity index (χ3v) is 14.1. The number of allylic oxidation sites excluding steroid dienone is 3. The van der Waals surface area contributed by atoms with Gasteiger partial charge in [-0.05, 0) is 130 Å². The molecule has 3 fully saturated rings. The average Bonchev–Trinajstić information content (AvgIpc) is 3.35. The van der Waals surface area contributed by atoms with Crippen LogP contribution in [-0.4, -0.2) is 10.7 Å². The number of unbranched alkanes of at least 4 members (excludes halogenated alkanes) is 10. The van der Waals surface area contributed by atoms with Gasteiger partial charge in [0.2, 0.25) is 0 Å². The number of aliphatic hydroxyl groups is 1. The highest BCUT2D eigenvalue weighted by molar-refractivity contribution is 5.27. The zero-order valence-electron chi connectivity index (χ0n) is 30.6. The topological polar surface area (TPSA) is 20.2 Å². The molecule has 1 unspecified atom stereocenters. The molecule has 44 heavy (non-hydrogen) atoms. The molecule has 0 aliphatic heterocycles. The van der Waals surface area contributed by atoms with Crippen molar-refractivity contribution in [1.29, 1.82) is 0 Å². The van der Waals surface area contributed by atoms with E-state index in [1.807, 2.05) is 0 Å². The van der Waals surface area contributed by atoms with Gasteiger partial charge in [0.05, 0.1) is 5.60 Å². The molecule has 0 radical (unpaired) electrons. The van der Waals surface area contributed by atoms with Crippen LogP contribution in [0, 0.1) is 46.3 Å². The zero-order valence-corrected chi connectivity index (χ0v) is 30.6. The number of rotatable bonds is 19. The highest BCUT2D eigenvalue weighted by Crippen LogP contribution is 2.68. The van der Waals surface area contributed by atoms with E-state index in [1.54, 1.807) is 5.57 Å². The Hall–Kier alpha value is -0.560. The third-order valence-electron chi connectivity index (χ3n) is 14.1. The molecule has 0 aromatic rings. The van der Waals surface area contributed by atoms with Crippen LogP contribution in [0.1, 0.15) is 196 Å². The molecule has 0 spiro atoms. The average molecular weight is 609 g/mol. The highest BCUT2D eigenvalue weighted by Gasteiger charge is 2.59. The minimum absolute atomic E-state index is 0.349. The Balaban J connectivity index is 1.18. The second-order valence-electron chi connectivity index (χ2n) is 17.7. The van der Waals surface area contributed by atoms with Gasteiger partial charge in [0.15, 0.2) is 0 Å². The first-order chi connectivity index (χ1) is 21.1. The summed E-state index contributed by atoms with van der Waals surface area (Å²) in [5.41, 5.74) is 2.14.